The Kier molecular flexibility index (Phi) is 2.92. The summed E-state index contributed by atoms with van der Waals surface area (Å²) in [6, 6.07) is 7.35. The minimum Gasteiger partial charge on any atom is -0.481 e. The number of aromatic nitrogens is 2. The van der Waals surface area contributed by atoms with E-state index in [1.807, 2.05) is 18.2 Å². The highest BCUT2D eigenvalue weighted by atomic mass is 32.1. The lowest BCUT2D eigenvalue weighted by molar-refractivity contribution is -0.136. The molecule has 5 nitrogen and oxygen atoms in total. The number of thiazole rings is 1. The highest BCUT2D eigenvalue weighted by Crippen LogP contribution is 2.22. The Labute approximate surface area is 115 Å². The third kappa shape index (κ3) is 2.18. The van der Waals surface area contributed by atoms with E-state index in [-0.39, 0.29) is 12.0 Å². The van der Waals surface area contributed by atoms with Gasteiger partial charge in [0, 0.05) is 5.38 Å². The average Bonchev–Trinajstić information content (AvgIpc) is 2.94. The van der Waals surface area contributed by atoms with E-state index >= 15 is 0 Å². The monoisotopic (exact) mass is 292 g/mol. The molecule has 3 rings (SSSR count). The first-order valence-corrected chi connectivity index (χ1v) is 7.08. The van der Waals surface area contributed by atoms with Crippen LogP contribution in [0.5, 0.6) is 0 Å². The lowest BCUT2D eigenvalue weighted by Crippen LogP contribution is -2.10. The quantitative estimate of drug-likeness (QED) is 0.802. The maximum atomic E-state index is 12.2. The lowest BCUT2D eigenvalue weighted by atomic mass is 10.3. The first kappa shape index (κ1) is 12.1. The third-order valence-electron chi connectivity index (χ3n) is 2.54. The summed E-state index contributed by atoms with van der Waals surface area (Å²) in [5, 5.41) is 11.6. The smallest absolute Gasteiger partial charge is 0.309 e. The zero-order chi connectivity index (χ0) is 13.4. The van der Waals surface area contributed by atoms with Gasteiger partial charge in [0.1, 0.15) is 0 Å². The molecule has 3 aromatic rings. The number of fused-ring (bicyclic) bond motifs is 1. The largest absolute Gasteiger partial charge is 0.481 e. The number of benzene rings is 1. The average molecular weight is 292 g/mol. The Hall–Kier alpha value is -1.99. The molecule has 96 valence electrons. The molecule has 0 aliphatic carbocycles. The van der Waals surface area contributed by atoms with Crippen molar-refractivity contribution in [3.8, 4) is 5.13 Å². The molecule has 2 heterocycles. The van der Waals surface area contributed by atoms with Crippen LogP contribution in [0.25, 0.3) is 15.2 Å². The summed E-state index contributed by atoms with van der Waals surface area (Å²) in [4.78, 5) is 27.0. The molecule has 2 aromatic heterocycles. The number of carboxylic acids is 1. The second-order valence-corrected chi connectivity index (χ2v) is 5.70. The van der Waals surface area contributed by atoms with Gasteiger partial charge in [-0.2, -0.15) is 0 Å². The fourth-order valence-electron chi connectivity index (χ4n) is 1.72. The van der Waals surface area contributed by atoms with Crippen molar-refractivity contribution in [3.05, 3.63) is 45.7 Å². The van der Waals surface area contributed by atoms with Crippen LogP contribution >= 0.6 is 22.9 Å². The van der Waals surface area contributed by atoms with Crippen molar-refractivity contribution < 1.29 is 9.90 Å². The summed E-state index contributed by atoms with van der Waals surface area (Å²) in [5.41, 5.74) is 0.355. The Morgan fingerprint density at radius 2 is 2.16 bits per heavy atom. The molecule has 0 bridgehead atoms. The van der Waals surface area contributed by atoms with Gasteiger partial charge in [-0.1, -0.05) is 12.1 Å². The van der Waals surface area contributed by atoms with Crippen LogP contribution in [0, 0.1) is 0 Å². The molecule has 0 saturated heterocycles. The van der Waals surface area contributed by atoms with E-state index in [4.69, 9.17) is 5.11 Å². The van der Waals surface area contributed by atoms with Crippen LogP contribution in [-0.4, -0.2) is 20.0 Å². The van der Waals surface area contributed by atoms with Crippen molar-refractivity contribution in [3.63, 3.8) is 0 Å². The molecule has 0 amide bonds. The number of hydrogen-bond acceptors (Lipinski definition) is 5. The van der Waals surface area contributed by atoms with Gasteiger partial charge in [0.25, 0.3) is 5.56 Å². The van der Waals surface area contributed by atoms with Crippen LogP contribution in [0.2, 0.25) is 0 Å². The highest BCUT2D eigenvalue weighted by molar-refractivity contribution is 7.17. The van der Waals surface area contributed by atoms with Crippen LogP contribution in [0.1, 0.15) is 5.69 Å². The molecule has 1 aromatic carbocycles. The number of nitrogens with zero attached hydrogens (tertiary/aromatic N) is 2. The summed E-state index contributed by atoms with van der Waals surface area (Å²) in [7, 11) is 0. The predicted octanol–water partition coefficient (Wildman–Crippen LogP) is 2.14. The van der Waals surface area contributed by atoms with Gasteiger partial charge in [0.2, 0.25) is 5.13 Å². The van der Waals surface area contributed by atoms with Gasteiger partial charge in [0.15, 0.2) is 0 Å². The Morgan fingerprint density at radius 3 is 2.89 bits per heavy atom. The van der Waals surface area contributed by atoms with Crippen molar-refractivity contribution in [1.82, 2.24) is 8.94 Å². The number of aliphatic carboxylic acids is 1. The molecule has 0 radical (unpaired) electrons. The van der Waals surface area contributed by atoms with Gasteiger partial charge in [-0.15, -0.1) is 11.3 Å². The maximum Gasteiger partial charge on any atom is 0.309 e. The molecule has 0 saturated carbocycles. The number of hydrogen-bond donors (Lipinski definition) is 1. The van der Waals surface area contributed by atoms with E-state index in [2.05, 4.69) is 4.98 Å². The highest BCUT2D eigenvalue weighted by Gasteiger charge is 2.13. The summed E-state index contributed by atoms with van der Waals surface area (Å²) in [6.45, 7) is 0. The third-order valence-corrected chi connectivity index (χ3v) is 4.60. The molecule has 0 atom stereocenters. The maximum absolute atomic E-state index is 12.2. The van der Waals surface area contributed by atoms with Gasteiger partial charge < -0.3 is 5.11 Å². The molecule has 19 heavy (non-hydrogen) atoms. The van der Waals surface area contributed by atoms with Gasteiger partial charge in [-0.25, -0.2) is 8.94 Å². The van der Waals surface area contributed by atoms with Gasteiger partial charge in [0.05, 0.1) is 22.2 Å². The van der Waals surface area contributed by atoms with Crippen molar-refractivity contribution >= 4 is 38.9 Å². The lowest BCUT2D eigenvalue weighted by Gasteiger charge is -1.91. The molecule has 0 fully saturated rings. The van der Waals surface area contributed by atoms with E-state index < -0.39 is 5.97 Å². The summed E-state index contributed by atoms with van der Waals surface area (Å²) >= 11 is 2.59. The molecule has 1 N–H and O–H groups in total. The van der Waals surface area contributed by atoms with Crippen LogP contribution in [0.3, 0.4) is 0 Å². The van der Waals surface area contributed by atoms with E-state index in [0.29, 0.717) is 16.2 Å². The van der Waals surface area contributed by atoms with Crippen molar-refractivity contribution in [2.75, 3.05) is 0 Å². The minimum absolute atomic E-state index is 0.114. The summed E-state index contributed by atoms with van der Waals surface area (Å²) in [6.07, 6.45) is -0.129. The van der Waals surface area contributed by atoms with Crippen molar-refractivity contribution in [1.29, 1.82) is 0 Å². The summed E-state index contributed by atoms with van der Waals surface area (Å²) in [5.74, 6) is -0.930. The van der Waals surface area contributed by atoms with Gasteiger partial charge >= 0.3 is 5.97 Å². The first-order valence-electron chi connectivity index (χ1n) is 5.43. The zero-order valence-electron chi connectivity index (χ0n) is 9.57. The standard InChI is InChI=1S/C12H8N2O3S2/c15-10(16)5-7-6-18-12(13-7)14-11(17)8-3-1-2-4-9(8)19-14/h1-4,6H,5H2,(H,15,16). The molecule has 0 unspecified atom stereocenters. The van der Waals surface area contributed by atoms with Crippen LogP contribution < -0.4 is 5.56 Å². The van der Waals surface area contributed by atoms with Crippen LogP contribution in [0.15, 0.2) is 34.4 Å². The van der Waals surface area contributed by atoms with Crippen LogP contribution in [-0.2, 0) is 11.2 Å². The number of carboxylic acid groups (broad SMARTS) is 1. The minimum atomic E-state index is -0.930. The first-order chi connectivity index (χ1) is 9.15. The Balaban J connectivity index is 2.09. The van der Waals surface area contributed by atoms with Gasteiger partial charge in [-0.3, -0.25) is 9.59 Å². The molecule has 7 heteroatoms. The topological polar surface area (TPSA) is 72.2 Å². The van der Waals surface area contributed by atoms with Gasteiger partial charge in [-0.05, 0) is 23.7 Å². The Bertz CT molecular complexity index is 816. The fourth-order valence-corrected chi connectivity index (χ4v) is 3.58. The molecule has 0 aliphatic rings. The van der Waals surface area contributed by atoms with Crippen molar-refractivity contribution in [2.45, 2.75) is 6.42 Å². The number of rotatable bonds is 3. The summed E-state index contributed by atoms with van der Waals surface area (Å²) < 4.78 is 2.39. The van der Waals surface area contributed by atoms with Crippen molar-refractivity contribution in [2.24, 2.45) is 0 Å². The SMILES string of the molecule is O=C(O)Cc1csc(-n2sc3ccccc3c2=O)n1. The Morgan fingerprint density at radius 1 is 1.37 bits per heavy atom. The molecular weight excluding hydrogens is 284 g/mol. The predicted molar refractivity (Wildman–Crippen MR) is 74.4 cm³/mol. The van der Waals surface area contributed by atoms with E-state index in [0.717, 1.165) is 4.70 Å². The zero-order valence-corrected chi connectivity index (χ0v) is 11.2. The normalized spacial score (nSPS) is 10.9. The molecule has 0 aliphatic heterocycles. The van der Waals surface area contributed by atoms with E-state index in [9.17, 15) is 9.59 Å². The fraction of sp³-hybridized carbons (Fsp3) is 0.0833. The van der Waals surface area contributed by atoms with E-state index in [1.165, 1.54) is 26.8 Å². The van der Waals surface area contributed by atoms with Crippen LogP contribution in [0.4, 0.5) is 0 Å². The number of carbonyl (C=O) groups is 1. The molecule has 0 spiro atoms. The second kappa shape index (κ2) is 4.60. The second-order valence-electron chi connectivity index (χ2n) is 3.88. The van der Waals surface area contributed by atoms with E-state index in [1.54, 1.807) is 11.4 Å². The molecular formula is C12H8N2O3S2.